The minimum absolute atomic E-state index is 0.0394. The molecule has 154 valence electrons. The molecule has 0 saturated carbocycles. The van der Waals surface area contributed by atoms with Crippen LogP contribution in [0.15, 0.2) is 48.5 Å². The lowest BCUT2D eigenvalue weighted by Crippen LogP contribution is -2.44. The standard InChI is InChI=1S/C23H30N4O2/c1-18-6-4-5-7-22(18)23(29)24-12-13-27(19(2)28)21-10-8-20(9-11-21)26-16-14-25(3)15-17-26/h4-11H,12-17H2,1-3H3,(H,24,29). The Kier molecular flexibility index (Phi) is 6.88. The number of hydrogen-bond acceptors (Lipinski definition) is 4. The van der Waals surface area contributed by atoms with Crippen molar-refractivity contribution in [1.82, 2.24) is 10.2 Å². The molecule has 1 saturated heterocycles. The van der Waals surface area contributed by atoms with Gasteiger partial charge in [-0.3, -0.25) is 9.59 Å². The van der Waals surface area contributed by atoms with Crippen molar-refractivity contribution >= 4 is 23.2 Å². The van der Waals surface area contributed by atoms with Crippen molar-refractivity contribution in [3.8, 4) is 0 Å². The molecule has 6 nitrogen and oxygen atoms in total. The zero-order chi connectivity index (χ0) is 20.8. The number of aryl methyl sites for hydroxylation is 1. The Morgan fingerprint density at radius 1 is 1.00 bits per heavy atom. The topological polar surface area (TPSA) is 55.9 Å². The van der Waals surface area contributed by atoms with Crippen molar-refractivity contribution < 1.29 is 9.59 Å². The van der Waals surface area contributed by atoms with E-state index in [0.29, 0.717) is 18.7 Å². The number of likely N-dealkylation sites (N-methyl/N-ethyl adjacent to an activating group) is 1. The van der Waals surface area contributed by atoms with E-state index >= 15 is 0 Å². The summed E-state index contributed by atoms with van der Waals surface area (Å²) in [4.78, 5) is 30.9. The van der Waals surface area contributed by atoms with E-state index in [-0.39, 0.29) is 11.8 Å². The van der Waals surface area contributed by atoms with Gasteiger partial charge < -0.3 is 20.0 Å². The molecule has 0 unspecified atom stereocenters. The number of carbonyl (C=O) groups excluding carboxylic acids is 2. The molecule has 2 aromatic rings. The second-order valence-corrected chi connectivity index (χ2v) is 7.55. The highest BCUT2D eigenvalue weighted by molar-refractivity contribution is 5.96. The predicted molar refractivity (Wildman–Crippen MR) is 118 cm³/mol. The van der Waals surface area contributed by atoms with Gasteiger partial charge in [0.05, 0.1) is 0 Å². The molecule has 6 heteroatoms. The molecule has 1 N–H and O–H groups in total. The fraction of sp³-hybridized carbons (Fsp3) is 0.391. The SMILES string of the molecule is CC(=O)N(CCNC(=O)c1ccccc1C)c1ccc(N2CCN(C)CC2)cc1. The number of nitrogens with one attached hydrogen (secondary N) is 1. The van der Waals surface area contributed by atoms with Crippen LogP contribution in [0.3, 0.4) is 0 Å². The Morgan fingerprint density at radius 3 is 2.28 bits per heavy atom. The molecular formula is C23H30N4O2. The van der Waals surface area contributed by atoms with Crippen molar-refractivity contribution in [2.24, 2.45) is 0 Å². The third-order valence-electron chi connectivity index (χ3n) is 5.42. The van der Waals surface area contributed by atoms with E-state index in [9.17, 15) is 9.59 Å². The van der Waals surface area contributed by atoms with Gasteiger partial charge in [0.2, 0.25) is 5.91 Å². The number of amides is 2. The molecule has 2 aromatic carbocycles. The fourth-order valence-corrected chi connectivity index (χ4v) is 3.58. The first kappa shape index (κ1) is 20.9. The highest BCUT2D eigenvalue weighted by Gasteiger charge is 2.16. The number of nitrogens with zero attached hydrogens (tertiary/aromatic N) is 3. The van der Waals surface area contributed by atoms with Gasteiger partial charge >= 0.3 is 0 Å². The van der Waals surface area contributed by atoms with Gasteiger partial charge in [-0.15, -0.1) is 0 Å². The zero-order valence-corrected chi connectivity index (χ0v) is 17.5. The lowest BCUT2D eigenvalue weighted by atomic mass is 10.1. The molecule has 29 heavy (non-hydrogen) atoms. The largest absolute Gasteiger partial charge is 0.369 e. The Hall–Kier alpha value is -2.86. The van der Waals surface area contributed by atoms with Gasteiger partial charge in [-0.25, -0.2) is 0 Å². The molecule has 2 amide bonds. The van der Waals surface area contributed by atoms with Crippen molar-refractivity contribution in [1.29, 1.82) is 0 Å². The van der Waals surface area contributed by atoms with Crippen LogP contribution in [0.1, 0.15) is 22.8 Å². The second-order valence-electron chi connectivity index (χ2n) is 7.55. The lowest BCUT2D eigenvalue weighted by molar-refractivity contribution is -0.116. The molecule has 0 bridgehead atoms. The van der Waals surface area contributed by atoms with Gasteiger partial charge in [-0.05, 0) is 49.9 Å². The molecular weight excluding hydrogens is 364 g/mol. The maximum atomic E-state index is 12.4. The summed E-state index contributed by atoms with van der Waals surface area (Å²) in [6, 6.07) is 15.6. The van der Waals surface area contributed by atoms with E-state index in [1.54, 1.807) is 11.8 Å². The Labute approximate surface area is 173 Å². The van der Waals surface area contributed by atoms with Crippen LogP contribution in [-0.2, 0) is 4.79 Å². The van der Waals surface area contributed by atoms with Crippen LogP contribution in [0, 0.1) is 6.92 Å². The second kappa shape index (κ2) is 9.56. The number of piperazine rings is 1. The summed E-state index contributed by atoms with van der Waals surface area (Å²) in [5, 5.41) is 2.92. The maximum absolute atomic E-state index is 12.4. The van der Waals surface area contributed by atoms with E-state index in [4.69, 9.17) is 0 Å². The maximum Gasteiger partial charge on any atom is 0.251 e. The molecule has 0 atom stereocenters. The summed E-state index contributed by atoms with van der Waals surface area (Å²) in [5.41, 5.74) is 3.63. The van der Waals surface area contributed by atoms with Crippen LogP contribution in [0.4, 0.5) is 11.4 Å². The number of benzene rings is 2. The van der Waals surface area contributed by atoms with E-state index < -0.39 is 0 Å². The smallest absolute Gasteiger partial charge is 0.251 e. The van der Waals surface area contributed by atoms with Crippen molar-refractivity contribution in [2.75, 3.05) is 56.1 Å². The first-order valence-electron chi connectivity index (χ1n) is 10.1. The van der Waals surface area contributed by atoms with E-state index in [2.05, 4.69) is 34.3 Å². The lowest BCUT2D eigenvalue weighted by Gasteiger charge is -2.34. The highest BCUT2D eigenvalue weighted by atomic mass is 16.2. The average Bonchev–Trinajstić information content (AvgIpc) is 2.72. The molecule has 0 spiro atoms. The Morgan fingerprint density at radius 2 is 1.66 bits per heavy atom. The number of anilines is 2. The van der Waals surface area contributed by atoms with Gasteiger partial charge in [0.25, 0.3) is 5.91 Å². The molecule has 1 fully saturated rings. The van der Waals surface area contributed by atoms with Crippen molar-refractivity contribution in [3.05, 3.63) is 59.7 Å². The minimum atomic E-state index is -0.114. The number of rotatable bonds is 6. The summed E-state index contributed by atoms with van der Waals surface area (Å²) in [6.07, 6.45) is 0. The molecule has 3 rings (SSSR count). The van der Waals surface area contributed by atoms with Gasteiger partial charge in [-0.1, -0.05) is 18.2 Å². The van der Waals surface area contributed by atoms with E-state index in [1.807, 2.05) is 43.3 Å². The van der Waals surface area contributed by atoms with Crippen LogP contribution < -0.4 is 15.1 Å². The summed E-state index contributed by atoms with van der Waals surface area (Å²) >= 11 is 0. The van der Waals surface area contributed by atoms with Gasteiger partial charge in [0.1, 0.15) is 0 Å². The zero-order valence-electron chi connectivity index (χ0n) is 17.5. The summed E-state index contributed by atoms with van der Waals surface area (Å²) in [5.74, 6) is -0.153. The van der Waals surface area contributed by atoms with Crippen LogP contribution in [0.5, 0.6) is 0 Å². The van der Waals surface area contributed by atoms with E-state index in [0.717, 1.165) is 37.4 Å². The Bertz CT molecular complexity index is 842. The minimum Gasteiger partial charge on any atom is -0.369 e. The quantitative estimate of drug-likeness (QED) is 0.818. The monoisotopic (exact) mass is 394 g/mol. The normalized spacial score (nSPS) is 14.5. The molecule has 0 aliphatic carbocycles. The first-order valence-corrected chi connectivity index (χ1v) is 10.1. The van der Waals surface area contributed by atoms with Crippen molar-refractivity contribution in [3.63, 3.8) is 0 Å². The molecule has 0 aromatic heterocycles. The van der Waals surface area contributed by atoms with Crippen molar-refractivity contribution in [2.45, 2.75) is 13.8 Å². The molecule has 0 radical (unpaired) electrons. The molecule has 1 aliphatic heterocycles. The fourth-order valence-electron chi connectivity index (χ4n) is 3.58. The summed E-state index contributed by atoms with van der Waals surface area (Å²) < 4.78 is 0. The van der Waals surface area contributed by atoms with E-state index in [1.165, 1.54) is 5.69 Å². The third-order valence-corrected chi connectivity index (χ3v) is 5.42. The van der Waals surface area contributed by atoms with Gasteiger partial charge in [0, 0.05) is 63.1 Å². The molecule has 1 heterocycles. The number of hydrogen-bond donors (Lipinski definition) is 1. The van der Waals surface area contributed by atoms with Gasteiger partial charge in [-0.2, -0.15) is 0 Å². The molecule has 1 aliphatic rings. The predicted octanol–water partition coefficient (Wildman–Crippen LogP) is 2.53. The van der Waals surface area contributed by atoms with Crippen LogP contribution in [0.25, 0.3) is 0 Å². The van der Waals surface area contributed by atoms with Gasteiger partial charge in [0.15, 0.2) is 0 Å². The third kappa shape index (κ3) is 5.35. The summed E-state index contributed by atoms with van der Waals surface area (Å²) in [7, 11) is 2.14. The average molecular weight is 395 g/mol. The Balaban J connectivity index is 1.59. The summed E-state index contributed by atoms with van der Waals surface area (Å²) in [6.45, 7) is 8.43. The number of carbonyl (C=O) groups is 2. The van der Waals surface area contributed by atoms with Crippen LogP contribution >= 0.6 is 0 Å². The van der Waals surface area contributed by atoms with Crippen LogP contribution in [-0.4, -0.2) is 63.0 Å². The first-order chi connectivity index (χ1) is 14.0. The highest BCUT2D eigenvalue weighted by Crippen LogP contribution is 2.22. The van der Waals surface area contributed by atoms with Crippen LogP contribution in [0.2, 0.25) is 0 Å².